The molecule has 26 heavy (non-hydrogen) atoms. The van der Waals surface area contributed by atoms with Gasteiger partial charge in [-0.15, -0.1) is 0 Å². The minimum atomic E-state index is 0.389. The van der Waals surface area contributed by atoms with Crippen LogP contribution in [0.3, 0.4) is 0 Å². The van der Waals surface area contributed by atoms with Crippen LogP contribution in [0.15, 0.2) is 66.5 Å². The summed E-state index contributed by atoms with van der Waals surface area (Å²) in [6, 6.07) is 15.1. The van der Waals surface area contributed by atoms with E-state index in [0.717, 1.165) is 29.9 Å². The van der Waals surface area contributed by atoms with Crippen LogP contribution in [0.4, 0.5) is 5.82 Å². The van der Waals surface area contributed by atoms with Crippen molar-refractivity contribution in [2.75, 3.05) is 11.9 Å². The second kappa shape index (κ2) is 9.90. The molecule has 1 aromatic carbocycles. The molecule has 0 saturated carbocycles. The van der Waals surface area contributed by atoms with Gasteiger partial charge in [0, 0.05) is 24.0 Å². The molecule has 0 unspecified atom stereocenters. The number of nitriles is 1. The zero-order chi connectivity index (χ0) is 18.8. The van der Waals surface area contributed by atoms with Crippen LogP contribution in [0.25, 0.3) is 0 Å². The average Bonchev–Trinajstić information content (AvgIpc) is 2.62. The van der Waals surface area contributed by atoms with Gasteiger partial charge in [-0.1, -0.05) is 31.7 Å². The molecule has 0 bridgehead atoms. The molecule has 134 valence electrons. The first kappa shape index (κ1) is 19.1. The van der Waals surface area contributed by atoms with Crippen molar-refractivity contribution in [1.82, 2.24) is 10.3 Å². The second-order valence-electron chi connectivity index (χ2n) is 5.85. The highest BCUT2D eigenvalue weighted by Gasteiger charge is 2.02. The number of anilines is 1. The van der Waals surface area contributed by atoms with Crippen LogP contribution in [0.5, 0.6) is 11.6 Å². The van der Waals surface area contributed by atoms with Crippen molar-refractivity contribution in [1.29, 1.82) is 5.26 Å². The highest BCUT2D eigenvalue weighted by atomic mass is 16.5. The Morgan fingerprint density at radius 2 is 2.04 bits per heavy atom. The number of hydrogen-bond donors (Lipinski definition) is 2. The Labute approximate surface area is 155 Å². The first-order valence-corrected chi connectivity index (χ1v) is 8.59. The Hall–Kier alpha value is -3.26. The average molecular weight is 348 g/mol. The Morgan fingerprint density at radius 1 is 1.27 bits per heavy atom. The molecular formula is C21H24N4O. The molecule has 0 atom stereocenters. The van der Waals surface area contributed by atoms with Gasteiger partial charge in [-0.2, -0.15) is 10.2 Å². The molecule has 0 aliphatic rings. The third-order valence-electron chi connectivity index (χ3n) is 3.49. The number of aromatic nitrogens is 1. The van der Waals surface area contributed by atoms with E-state index in [1.54, 1.807) is 6.07 Å². The first-order chi connectivity index (χ1) is 12.6. The predicted octanol–water partition coefficient (Wildman–Crippen LogP) is 4.77. The van der Waals surface area contributed by atoms with Crippen molar-refractivity contribution in [2.45, 2.75) is 26.7 Å². The maximum absolute atomic E-state index is 8.71. The van der Waals surface area contributed by atoms with E-state index in [9.17, 15) is 0 Å². The largest absolute Gasteiger partial charge is 0.439 e. The van der Waals surface area contributed by atoms with Crippen LogP contribution in [-0.2, 0) is 6.42 Å². The molecule has 5 nitrogen and oxygen atoms in total. The number of rotatable bonds is 9. The second-order valence-corrected chi connectivity index (χ2v) is 5.85. The van der Waals surface area contributed by atoms with Crippen LogP contribution in [-0.4, -0.2) is 11.5 Å². The van der Waals surface area contributed by atoms with E-state index in [1.165, 1.54) is 0 Å². The Bertz CT molecular complexity index is 804. The lowest BCUT2D eigenvalue weighted by Gasteiger charge is -2.10. The Morgan fingerprint density at radius 3 is 2.73 bits per heavy atom. The van der Waals surface area contributed by atoms with Gasteiger partial charge in [0.1, 0.15) is 11.6 Å². The van der Waals surface area contributed by atoms with E-state index in [4.69, 9.17) is 10.00 Å². The zero-order valence-electron chi connectivity index (χ0n) is 15.2. The molecule has 2 rings (SSSR count). The number of benzene rings is 1. The summed E-state index contributed by atoms with van der Waals surface area (Å²) in [6.45, 7) is 9.07. The summed E-state index contributed by atoms with van der Waals surface area (Å²) in [4.78, 5) is 4.44. The first-order valence-electron chi connectivity index (χ1n) is 8.59. The van der Waals surface area contributed by atoms with Crippen LogP contribution >= 0.6 is 0 Å². The van der Waals surface area contributed by atoms with Crippen molar-refractivity contribution < 1.29 is 4.74 Å². The maximum Gasteiger partial charge on any atom is 0.221 e. The lowest BCUT2D eigenvalue weighted by atomic mass is 10.2. The molecule has 1 heterocycles. The maximum atomic E-state index is 8.71. The Kier molecular flexibility index (Phi) is 7.26. The molecule has 0 aliphatic heterocycles. The molecule has 2 aromatic rings. The van der Waals surface area contributed by atoms with Crippen molar-refractivity contribution >= 4 is 5.82 Å². The summed E-state index contributed by atoms with van der Waals surface area (Å²) >= 11 is 0. The van der Waals surface area contributed by atoms with Gasteiger partial charge in [0.25, 0.3) is 0 Å². The monoisotopic (exact) mass is 348 g/mol. The van der Waals surface area contributed by atoms with Gasteiger partial charge in [-0.05, 0) is 43.2 Å². The lowest BCUT2D eigenvalue weighted by molar-refractivity contribution is 0.463. The van der Waals surface area contributed by atoms with Gasteiger partial charge in [0.2, 0.25) is 5.88 Å². The zero-order valence-corrected chi connectivity index (χ0v) is 15.2. The van der Waals surface area contributed by atoms with Crippen LogP contribution < -0.4 is 15.4 Å². The number of ether oxygens (including phenoxy) is 1. The molecule has 0 aliphatic carbocycles. The molecule has 2 N–H and O–H groups in total. The predicted molar refractivity (Wildman–Crippen MR) is 105 cm³/mol. The van der Waals surface area contributed by atoms with Gasteiger partial charge in [0.05, 0.1) is 12.5 Å². The van der Waals surface area contributed by atoms with E-state index in [1.807, 2.05) is 49.4 Å². The fraction of sp³-hybridized carbons (Fsp3) is 0.238. The molecule has 0 spiro atoms. The summed E-state index contributed by atoms with van der Waals surface area (Å²) in [5, 5.41) is 15.2. The molecule has 1 aromatic heterocycles. The van der Waals surface area contributed by atoms with Crippen LogP contribution in [0.2, 0.25) is 0 Å². The number of pyridine rings is 1. The lowest BCUT2D eigenvalue weighted by Crippen LogP contribution is -2.12. The minimum Gasteiger partial charge on any atom is -0.439 e. The topological polar surface area (TPSA) is 70.0 Å². The highest BCUT2D eigenvalue weighted by Crippen LogP contribution is 2.21. The third-order valence-corrected chi connectivity index (χ3v) is 3.49. The standard InChI is InChI=1S/C21H24N4O/c1-4-14-23-16(2)15-17(3)24-20-6-5-7-21(25-20)26-19-10-8-18(9-11-19)12-13-22/h5-11,15,23H,3-4,12,14H2,1-2H3,(H,24,25)/b16-15-. The van der Waals surface area contributed by atoms with Gasteiger partial charge >= 0.3 is 0 Å². The highest BCUT2D eigenvalue weighted by molar-refractivity contribution is 5.46. The van der Waals surface area contributed by atoms with Gasteiger partial charge in [0.15, 0.2) is 0 Å². The van der Waals surface area contributed by atoms with Crippen molar-refractivity contribution in [3.63, 3.8) is 0 Å². The van der Waals surface area contributed by atoms with E-state index in [-0.39, 0.29) is 0 Å². The molecule has 0 amide bonds. The quantitative estimate of drug-likeness (QED) is 0.639. The van der Waals surface area contributed by atoms with Gasteiger partial charge in [-0.3, -0.25) is 0 Å². The van der Waals surface area contributed by atoms with E-state index < -0.39 is 0 Å². The minimum absolute atomic E-state index is 0.389. The summed E-state index contributed by atoms with van der Waals surface area (Å²) in [7, 11) is 0. The summed E-state index contributed by atoms with van der Waals surface area (Å²) in [5.74, 6) is 1.82. The fourth-order valence-electron chi connectivity index (χ4n) is 2.26. The summed E-state index contributed by atoms with van der Waals surface area (Å²) in [6.07, 6.45) is 3.41. The fourth-order valence-corrected chi connectivity index (χ4v) is 2.26. The van der Waals surface area contributed by atoms with Gasteiger partial charge < -0.3 is 15.4 Å². The van der Waals surface area contributed by atoms with E-state index in [2.05, 4.69) is 35.2 Å². The SMILES string of the molecule is C=C(/C=C(/C)NCCC)Nc1cccc(Oc2ccc(CC#N)cc2)n1. The van der Waals surface area contributed by atoms with Crippen molar-refractivity contribution in [3.05, 3.63) is 72.1 Å². The summed E-state index contributed by atoms with van der Waals surface area (Å²) in [5.41, 5.74) is 2.75. The molecule has 5 heteroatoms. The van der Waals surface area contributed by atoms with Gasteiger partial charge in [-0.25, -0.2) is 0 Å². The number of allylic oxidation sites excluding steroid dienone is 2. The molecular weight excluding hydrogens is 324 g/mol. The van der Waals surface area contributed by atoms with Crippen molar-refractivity contribution in [3.8, 4) is 17.7 Å². The van der Waals surface area contributed by atoms with Crippen LogP contribution in [0, 0.1) is 11.3 Å². The number of nitrogens with one attached hydrogen (secondary N) is 2. The van der Waals surface area contributed by atoms with E-state index >= 15 is 0 Å². The molecule has 0 fully saturated rings. The Balaban J connectivity index is 1.99. The van der Waals surface area contributed by atoms with Crippen LogP contribution in [0.1, 0.15) is 25.8 Å². The van der Waals surface area contributed by atoms with E-state index in [0.29, 0.717) is 23.9 Å². The molecule has 0 radical (unpaired) electrons. The summed E-state index contributed by atoms with van der Waals surface area (Å²) < 4.78 is 5.78. The normalized spacial score (nSPS) is 10.7. The number of hydrogen-bond acceptors (Lipinski definition) is 5. The third kappa shape index (κ3) is 6.33. The van der Waals surface area contributed by atoms with Crippen molar-refractivity contribution in [2.24, 2.45) is 0 Å². The molecule has 0 saturated heterocycles. The smallest absolute Gasteiger partial charge is 0.221 e. The number of nitrogens with zero attached hydrogens (tertiary/aromatic N) is 2.